The zero-order chi connectivity index (χ0) is 18.6. The molecule has 4 heterocycles. The van der Waals surface area contributed by atoms with E-state index in [1.54, 1.807) is 6.20 Å². The maximum atomic E-state index is 9.10. The van der Waals surface area contributed by atoms with E-state index in [1.165, 1.54) is 18.5 Å². The first kappa shape index (κ1) is 17.8. The third kappa shape index (κ3) is 3.78. The molecule has 2 N–H and O–H groups in total. The summed E-state index contributed by atoms with van der Waals surface area (Å²) in [5.74, 6) is -3.65. The van der Waals surface area contributed by atoms with E-state index in [2.05, 4.69) is 39.2 Å². The summed E-state index contributed by atoms with van der Waals surface area (Å²) in [7, 11) is 0. The number of aromatic nitrogens is 2. The van der Waals surface area contributed by atoms with Crippen molar-refractivity contribution >= 4 is 11.9 Å². The molecule has 2 atom stereocenters. The second kappa shape index (κ2) is 7.45. The summed E-state index contributed by atoms with van der Waals surface area (Å²) < 4.78 is 0. The van der Waals surface area contributed by atoms with Crippen LogP contribution in [0.4, 0.5) is 0 Å². The molecule has 7 nitrogen and oxygen atoms in total. The van der Waals surface area contributed by atoms with Gasteiger partial charge in [-0.3, -0.25) is 14.9 Å². The van der Waals surface area contributed by atoms with Gasteiger partial charge in [0.25, 0.3) is 0 Å². The average molecular weight is 353 g/mol. The number of carboxylic acids is 2. The molecular weight excluding hydrogens is 334 g/mol. The van der Waals surface area contributed by atoms with Gasteiger partial charge in [-0.15, -0.1) is 0 Å². The summed E-state index contributed by atoms with van der Waals surface area (Å²) in [6, 6.07) is 8.34. The molecule has 2 unspecified atom stereocenters. The maximum absolute atomic E-state index is 9.10. The van der Waals surface area contributed by atoms with Crippen LogP contribution in [0.5, 0.6) is 0 Å². The van der Waals surface area contributed by atoms with E-state index in [-0.39, 0.29) is 5.41 Å². The van der Waals surface area contributed by atoms with Crippen molar-refractivity contribution in [3.63, 3.8) is 0 Å². The Labute approximate surface area is 150 Å². The normalized spacial score (nSPS) is 23.0. The van der Waals surface area contributed by atoms with Gasteiger partial charge >= 0.3 is 11.9 Å². The number of rotatable bonds is 2. The van der Waals surface area contributed by atoms with E-state index in [9.17, 15) is 0 Å². The Kier molecular flexibility index (Phi) is 5.09. The molecule has 2 aliphatic rings. The van der Waals surface area contributed by atoms with Crippen molar-refractivity contribution < 1.29 is 19.8 Å². The van der Waals surface area contributed by atoms with Crippen molar-refractivity contribution in [3.05, 3.63) is 60.6 Å². The lowest BCUT2D eigenvalue weighted by Crippen LogP contribution is -2.33. The SMILES string of the molecule is C1=CC2(c3ccc(-c4cccnc4)nc3)CCN(C1)C2.O=C(O)C(=O)O. The summed E-state index contributed by atoms with van der Waals surface area (Å²) >= 11 is 0. The van der Waals surface area contributed by atoms with Crippen molar-refractivity contribution in [1.29, 1.82) is 0 Å². The average Bonchev–Trinajstić information content (AvgIpc) is 2.98. The lowest BCUT2D eigenvalue weighted by Gasteiger charge is -2.29. The minimum absolute atomic E-state index is 0.193. The standard InChI is InChI=1S/C17H17N3.C2H2O4/c1-3-14(11-18-8-1)16-5-4-15(12-19-16)17-6-2-9-20(13-17)10-7-17;3-1(4)2(5)6/h1-6,8,11-12H,7,9-10,13H2;(H,3,4)(H,5,6). The van der Waals surface area contributed by atoms with Crippen LogP contribution in [0.3, 0.4) is 0 Å². The van der Waals surface area contributed by atoms with Gasteiger partial charge in [0.05, 0.1) is 5.69 Å². The van der Waals surface area contributed by atoms with E-state index in [0.717, 1.165) is 24.3 Å². The highest BCUT2D eigenvalue weighted by molar-refractivity contribution is 6.27. The molecule has 134 valence electrons. The van der Waals surface area contributed by atoms with Gasteiger partial charge in [-0.2, -0.15) is 0 Å². The summed E-state index contributed by atoms with van der Waals surface area (Å²) in [6.45, 7) is 3.43. The van der Waals surface area contributed by atoms with Crippen LogP contribution < -0.4 is 0 Å². The van der Waals surface area contributed by atoms with E-state index in [0.29, 0.717) is 0 Å². The second-order valence-electron chi connectivity index (χ2n) is 6.33. The molecule has 0 aromatic carbocycles. The molecular formula is C19H19N3O4. The van der Waals surface area contributed by atoms with Gasteiger partial charge in [0.15, 0.2) is 0 Å². The summed E-state index contributed by atoms with van der Waals surface area (Å²) in [5.41, 5.74) is 3.60. The third-order valence-electron chi connectivity index (χ3n) is 4.66. The Morgan fingerprint density at radius 1 is 1.12 bits per heavy atom. The van der Waals surface area contributed by atoms with Gasteiger partial charge in [0.1, 0.15) is 0 Å². The Balaban J connectivity index is 0.000000286. The number of hydrogen-bond acceptors (Lipinski definition) is 5. The van der Waals surface area contributed by atoms with Crippen LogP contribution in [0.1, 0.15) is 12.0 Å². The van der Waals surface area contributed by atoms with E-state index in [1.807, 2.05) is 24.5 Å². The fourth-order valence-electron chi connectivity index (χ4n) is 3.34. The highest BCUT2D eigenvalue weighted by Gasteiger charge is 2.39. The molecule has 1 fully saturated rings. The van der Waals surface area contributed by atoms with Crippen molar-refractivity contribution in [2.24, 2.45) is 0 Å². The molecule has 0 aliphatic carbocycles. The number of aliphatic carboxylic acids is 2. The predicted octanol–water partition coefficient (Wildman–Crippen LogP) is 1.81. The Morgan fingerprint density at radius 3 is 2.54 bits per heavy atom. The number of carbonyl (C=O) groups is 2. The molecule has 2 bridgehead atoms. The maximum Gasteiger partial charge on any atom is 0.414 e. The summed E-state index contributed by atoms with van der Waals surface area (Å²) in [4.78, 5) is 29.5. The van der Waals surface area contributed by atoms with Crippen LogP contribution in [0, 0.1) is 0 Å². The topological polar surface area (TPSA) is 104 Å². The minimum Gasteiger partial charge on any atom is -0.473 e. The summed E-state index contributed by atoms with van der Waals surface area (Å²) in [6.07, 6.45) is 11.6. The number of pyridine rings is 2. The van der Waals surface area contributed by atoms with Gasteiger partial charge in [0.2, 0.25) is 0 Å². The van der Waals surface area contributed by atoms with E-state index < -0.39 is 11.9 Å². The molecule has 26 heavy (non-hydrogen) atoms. The highest BCUT2D eigenvalue weighted by atomic mass is 16.4. The molecule has 2 aliphatic heterocycles. The van der Waals surface area contributed by atoms with Crippen molar-refractivity contribution in [3.8, 4) is 11.3 Å². The molecule has 0 radical (unpaired) electrons. The zero-order valence-electron chi connectivity index (χ0n) is 14.1. The molecule has 1 saturated heterocycles. The fourth-order valence-corrected chi connectivity index (χ4v) is 3.34. The quantitative estimate of drug-likeness (QED) is 0.627. The molecule has 0 spiro atoms. The monoisotopic (exact) mass is 353 g/mol. The van der Waals surface area contributed by atoms with Gasteiger partial charge in [0, 0.05) is 42.7 Å². The number of hydrogen-bond donors (Lipinski definition) is 2. The molecule has 7 heteroatoms. The van der Waals surface area contributed by atoms with Gasteiger partial charge in [-0.25, -0.2) is 9.59 Å². The Hall–Kier alpha value is -3.06. The van der Waals surface area contributed by atoms with Crippen molar-refractivity contribution in [2.75, 3.05) is 19.6 Å². The number of nitrogens with zero attached hydrogens (tertiary/aromatic N) is 3. The number of fused-ring (bicyclic) bond motifs is 2. The Morgan fingerprint density at radius 2 is 1.92 bits per heavy atom. The molecule has 0 saturated carbocycles. The molecule has 2 aromatic heterocycles. The van der Waals surface area contributed by atoms with Crippen molar-refractivity contribution in [2.45, 2.75) is 11.8 Å². The largest absolute Gasteiger partial charge is 0.473 e. The van der Waals surface area contributed by atoms with E-state index >= 15 is 0 Å². The first-order valence-electron chi connectivity index (χ1n) is 8.23. The number of carboxylic acid groups (broad SMARTS) is 2. The fraction of sp³-hybridized carbons (Fsp3) is 0.263. The van der Waals surface area contributed by atoms with Crippen molar-refractivity contribution in [1.82, 2.24) is 14.9 Å². The smallest absolute Gasteiger partial charge is 0.414 e. The van der Waals surface area contributed by atoms with Gasteiger partial charge in [-0.05, 0) is 36.7 Å². The summed E-state index contributed by atoms with van der Waals surface area (Å²) in [5, 5.41) is 14.8. The first-order chi connectivity index (χ1) is 12.5. The highest BCUT2D eigenvalue weighted by Crippen LogP contribution is 2.38. The lowest BCUT2D eigenvalue weighted by molar-refractivity contribution is -0.159. The molecule has 2 aromatic rings. The minimum atomic E-state index is -1.82. The third-order valence-corrected chi connectivity index (χ3v) is 4.66. The molecule has 4 rings (SSSR count). The first-order valence-corrected chi connectivity index (χ1v) is 8.23. The van der Waals surface area contributed by atoms with Crippen LogP contribution >= 0.6 is 0 Å². The van der Waals surface area contributed by atoms with Crippen LogP contribution in [0.25, 0.3) is 11.3 Å². The molecule has 0 amide bonds. The van der Waals surface area contributed by atoms with Crippen LogP contribution in [0.2, 0.25) is 0 Å². The van der Waals surface area contributed by atoms with E-state index in [4.69, 9.17) is 19.8 Å². The van der Waals surface area contributed by atoms with Gasteiger partial charge < -0.3 is 10.2 Å². The van der Waals surface area contributed by atoms with Gasteiger partial charge in [-0.1, -0.05) is 18.2 Å². The Bertz CT molecular complexity index is 808. The lowest BCUT2D eigenvalue weighted by atomic mass is 9.79. The second-order valence-corrected chi connectivity index (χ2v) is 6.33. The zero-order valence-corrected chi connectivity index (χ0v) is 14.1. The predicted molar refractivity (Wildman–Crippen MR) is 94.6 cm³/mol. The van der Waals surface area contributed by atoms with Crippen LogP contribution in [-0.2, 0) is 15.0 Å². The van der Waals surface area contributed by atoms with Crippen LogP contribution in [-0.4, -0.2) is 56.7 Å². The van der Waals surface area contributed by atoms with Crippen LogP contribution in [0.15, 0.2) is 55.0 Å².